The fourth-order valence-electron chi connectivity index (χ4n) is 4.24. The van der Waals surface area contributed by atoms with E-state index in [0.717, 1.165) is 17.0 Å². The van der Waals surface area contributed by atoms with Crippen LogP contribution in [-0.2, 0) is 4.79 Å². The quantitative estimate of drug-likeness (QED) is 0.160. The van der Waals surface area contributed by atoms with Crippen LogP contribution in [0.4, 0.5) is 22.1 Å². The molecule has 0 radical (unpaired) electrons. The van der Waals surface area contributed by atoms with Gasteiger partial charge in [-0.15, -0.1) is 21.6 Å². The number of hydrogen-bond acceptors (Lipinski definition) is 9. The summed E-state index contributed by atoms with van der Waals surface area (Å²) < 4.78 is 0. The Hall–Kier alpha value is -4.40. The Morgan fingerprint density at radius 3 is 2.45 bits per heavy atom. The van der Waals surface area contributed by atoms with Crippen LogP contribution >= 0.6 is 22.9 Å². The SMILES string of the molecule is CCC(=O)Nc1cc(N(CC)CCCN2C(=O)c3ccccc3C2=O)ccc1N=Nc1sc(C=O)c(Cl)c1C#N. The molecule has 12 heteroatoms. The summed E-state index contributed by atoms with van der Waals surface area (Å²) in [5, 5.41) is 20.8. The van der Waals surface area contributed by atoms with Gasteiger partial charge in [-0.2, -0.15) is 5.26 Å². The number of nitrogens with zero attached hydrogens (tertiary/aromatic N) is 5. The van der Waals surface area contributed by atoms with Crippen molar-refractivity contribution in [3.63, 3.8) is 0 Å². The van der Waals surface area contributed by atoms with E-state index in [1.165, 1.54) is 4.90 Å². The molecule has 1 aromatic heterocycles. The van der Waals surface area contributed by atoms with Crippen LogP contribution in [0.15, 0.2) is 52.7 Å². The van der Waals surface area contributed by atoms with Gasteiger partial charge < -0.3 is 10.2 Å². The van der Waals surface area contributed by atoms with Crippen molar-refractivity contribution < 1.29 is 19.2 Å². The molecular formula is C28H25ClN6O4S. The number of benzene rings is 2. The molecule has 3 aromatic rings. The second-order valence-electron chi connectivity index (χ2n) is 8.73. The van der Waals surface area contributed by atoms with E-state index in [4.69, 9.17) is 11.6 Å². The van der Waals surface area contributed by atoms with Gasteiger partial charge in [-0.25, -0.2) is 0 Å². The topological polar surface area (TPSA) is 135 Å². The van der Waals surface area contributed by atoms with E-state index in [0.29, 0.717) is 48.3 Å². The first-order valence-electron chi connectivity index (χ1n) is 12.6. The standard InChI is InChI=1S/C28H25ClN6O4S/c1-3-24(37)31-22-14-17(10-11-21(22)32-33-26-20(15-30)25(29)23(16-36)40-26)34(4-2)12-7-13-35-27(38)18-8-5-6-9-19(18)28(35)39/h5-6,8-11,14,16H,3-4,7,12-13H2,1-2H3,(H,31,37). The average Bonchev–Trinajstić information content (AvgIpc) is 3.41. The number of carbonyl (C=O) groups excluding carboxylic acids is 4. The molecule has 0 fully saturated rings. The number of thiophene rings is 1. The third kappa shape index (κ3) is 5.78. The molecule has 0 unspecified atom stereocenters. The molecule has 0 atom stereocenters. The lowest BCUT2D eigenvalue weighted by Gasteiger charge is -2.25. The lowest BCUT2D eigenvalue weighted by molar-refractivity contribution is -0.115. The smallest absolute Gasteiger partial charge is 0.261 e. The van der Waals surface area contributed by atoms with Gasteiger partial charge in [0, 0.05) is 31.7 Å². The summed E-state index contributed by atoms with van der Waals surface area (Å²) >= 11 is 7.03. The number of fused-ring (bicyclic) bond motifs is 1. The molecule has 0 spiro atoms. The molecule has 1 N–H and O–H groups in total. The summed E-state index contributed by atoms with van der Waals surface area (Å²) in [6.07, 6.45) is 1.36. The van der Waals surface area contributed by atoms with E-state index >= 15 is 0 Å². The molecule has 2 aromatic carbocycles. The highest BCUT2D eigenvalue weighted by Gasteiger charge is 2.34. The molecule has 4 rings (SSSR count). The van der Waals surface area contributed by atoms with Crippen LogP contribution in [-0.4, -0.2) is 48.5 Å². The Labute approximate surface area is 239 Å². The Kier molecular flexibility index (Phi) is 9.04. The number of nitrogens with one attached hydrogen (secondary N) is 1. The van der Waals surface area contributed by atoms with Crippen molar-refractivity contribution in [1.82, 2.24) is 4.90 Å². The summed E-state index contributed by atoms with van der Waals surface area (Å²) in [6.45, 7) is 5.18. The number of rotatable bonds is 11. The van der Waals surface area contributed by atoms with Crippen molar-refractivity contribution in [3.8, 4) is 6.07 Å². The molecule has 3 amide bonds. The molecule has 2 heterocycles. The van der Waals surface area contributed by atoms with Crippen LogP contribution < -0.4 is 10.2 Å². The Morgan fingerprint density at radius 1 is 1.15 bits per heavy atom. The molecule has 204 valence electrons. The van der Waals surface area contributed by atoms with Gasteiger partial charge in [-0.3, -0.25) is 24.1 Å². The van der Waals surface area contributed by atoms with Crippen molar-refractivity contribution in [2.24, 2.45) is 10.2 Å². The van der Waals surface area contributed by atoms with Crippen LogP contribution in [0, 0.1) is 11.3 Å². The summed E-state index contributed by atoms with van der Waals surface area (Å²) in [5.41, 5.74) is 2.49. The Bertz CT molecular complexity index is 1530. The van der Waals surface area contributed by atoms with Crippen molar-refractivity contribution in [2.75, 3.05) is 29.9 Å². The number of halogens is 1. The van der Waals surface area contributed by atoms with E-state index in [9.17, 15) is 24.4 Å². The number of aldehydes is 1. The lowest BCUT2D eigenvalue weighted by Crippen LogP contribution is -2.33. The number of amides is 3. The van der Waals surface area contributed by atoms with Gasteiger partial charge in [0.15, 0.2) is 11.3 Å². The molecule has 0 bridgehead atoms. The van der Waals surface area contributed by atoms with Crippen LogP contribution in [0.25, 0.3) is 0 Å². The highest BCUT2D eigenvalue weighted by atomic mass is 35.5. The first kappa shape index (κ1) is 28.6. The summed E-state index contributed by atoms with van der Waals surface area (Å²) in [6, 6.07) is 14.0. The minimum Gasteiger partial charge on any atom is -0.372 e. The molecule has 1 aliphatic rings. The zero-order chi connectivity index (χ0) is 28.8. The highest BCUT2D eigenvalue weighted by molar-refractivity contribution is 7.18. The predicted octanol–water partition coefficient (Wildman–Crippen LogP) is 6.36. The number of nitriles is 1. The number of azo groups is 1. The largest absolute Gasteiger partial charge is 0.372 e. The van der Waals surface area contributed by atoms with Gasteiger partial charge in [0.25, 0.3) is 11.8 Å². The maximum atomic E-state index is 12.7. The van der Waals surface area contributed by atoms with Gasteiger partial charge in [0.2, 0.25) is 5.91 Å². The zero-order valence-electron chi connectivity index (χ0n) is 21.8. The second-order valence-corrected chi connectivity index (χ2v) is 10.1. The third-order valence-electron chi connectivity index (χ3n) is 6.33. The van der Waals surface area contributed by atoms with E-state index in [1.807, 2.05) is 19.1 Å². The summed E-state index contributed by atoms with van der Waals surface area (Å²) in [7, 11) is 0. The molecular weight excluding hydrogens is 552 g/mol. The van der Waals surface area contributed by atoms with Gasteiger partial charge in [0.05, 0.1) is 26.7 Å². The predicted molar refractivity (Wildman–Crippen MR) is 153 cm³/mol. The lowest BCUT2D eigenvalue weighted by atomic mass is 10.1. The van der Waals surface area contributed by atoms with Crippen LogP contribution in [0.1, 0.15) is 62.6 Å². The van der Waals surface area contributed by atoms with Crippen molar-refractivity contribution in [3.05, 3.63) is 69.1 Å². The van der Waals surface area contributed by atoms with E-state index < -0.39 is 0 Å². The highest BCUT2D eigenvalue weighted by Crippen LogP contribution is 2.39. The van der Waals surface area contributed by atoms with E-state index in [2.05, 4.69) is 20.4 Å². The van der Waals surface area contributed by atoms with Crippen molar-refractivity contribution in [1.29, 1.82) is 5.26 Å². The number of hydrogen-bond donors (Lipinski definition) is 1. The minimum atomic E-state index is -0.283. The van der Waals surface area contributed by atoms with Crippen LogP contribution in [0.5, 0.6) is 0 Å². The molecule has 0 saturated carbocycles. The van der Waals surface area contributed by atoms with Crippen LogP contribution in [0.3, 0.4) is 0 Å². The first-order chi connectivity index (χ1) is 19.3. The van der Waals surface area contributed by atoms with Crippen LogP contribution in [0.2, 0.25) is 5.02 Å². The fraction of sp³-hybridized carbons (Fsp3) is 0.250. The third-order valence-corrected chi connectivity index (χ3v) is 7.84. The molecule has 0 saturated heterocycles. The molecule has 10 nitrogen and oxygen atoms in total. The van der Waals surface area contributed by atoms with Gasteiger partial charge >= 0.3 is 0 Å². The van der Waals surface area contributed by atoms with E-state index in [1.54, 1.807) is 43.3 Å². The normalized spacial score (nSPS) is 12.5. The Balaban J connectivity index is 1.52. The Morgan fingerprint density at radius 2 is 1.85 bits per heavy atom. The minimum absolute atomic E-state index is 0.0334. The average molecular weight is 577 g/mol. The second kappa shape index (κ2) is 12.6. The fourth-order valence-corrected chi connectivity index (χ4v) is 5.37. The number of imide groups is 1. The van der Waals surface area contributed by atoms with E-state index in [-0.39, 0.29) is 51.2 Å². The van der Waals surface area contributed by atoms with Gasteiger partial charge in [-0.05, 0) is 43.7 Å². The number of anilines is 2. The molecule has 0 aliphatic carbocycles. The summed E-state index contributed by atoms with van der Waals surface area (Å²) in [5.74, 6) is -0.785. The molecule has 1 aliphatic heterocycles. The first-order valence-corrected chi connectivity index (χ1v) is 13.8. The summed E-state index contributed by atoms with van der Waals surface area (Å²) in [4.78, 5) is 52.3. The monoisotopic (exact) mass is 576 g/mol. The van der Waals surface area contributed by atoms with Gasteiger partial charge in [0.1, 0.15) is 17.3 Å². The molecule has 40 heavy (non-hydrogen) atoms. The van der Waals surface area contributed by atoms with Gasteiger partial charge in [-0.1, -0.05) is 30.7 Å². The zero-order valence-corrected chi connectivity index (χ0v) is 23.4. The maximum Gasteiger partial charge on any atom is 0.261 e. The number of carbonyl (C=O) groups is 4. The van der Waals surface area contributed by atoms with Crippen molar-refractivity contribution >= 4 is 69.0 Å². The van der Waals surface area contributed by atoms with Crippen molar-refractivity contribution in [2.45, 2.75) is 26.7 Å². The maximum absolute atomic E-state index is 12.7.